The van der Waals surface area contributed by atoms with Gasteiger partial charge in [0.15, 0.2) is 0 Å². The van der Waals surface area contributed by atoms with Crippen LogP contribution in [0.1, 0.15) is 12.5 Å². The molecular formula is C20H18F3NO4. The molecule has 28 heavy (non-hydrogen) atoms. The summed E-state index contributed by atoms with van der Waals surface area (Å²) in [4.78, 5) is 15.7. The Kier molecular flexibility index (Phi) is 6.81. The monoisotopic (exact) mass is 393 g/mol. The number of aliphatic hydroxyl groups is 1. The van der Waals surface area contributed by atoms with E-state index >= 15 is 0 Å². The van der Waals surface area contributed by atoms with Crippen molar-refractivity contribution in [2.45, 2.75) is 13.1 Å². The summed E-state index contributed by atoms with van der Waals surface area (Å²) in [6.07, 6.45) is -4.47. The zero-order valence-corrected chi connectivity index (χ0v) is 15.2. The predicted molar refractivity (Wildman–Crippen MR) is 99.4 cm³/mol. The van der Waals surface area contributed by atoms with Gasteiger partial charge in [-0.3, -0.25) is 9.79 Å². The Morgan fingerprint density at radius 2 is 1.64 bits per heavy atom. The molecule has 0 atom stereocenters. The van der Waals surface area contributed by atoms with E-state index in [2.05, 4.69) is 4.99 Å². The minimum atomic E-state index is -5.17. The average molecular weight is 393 g/mol. The molecule has 1 N–H and O–H groups in total. The van der Waals surface area contributed by atoms with E-state index in [-0.39, 0.29) is 5.56 Å². The van der Waals surface area contributed by atoms with E-state index in [0.717, 1.165) is 0 Å². The lowest BCUT2D eigenvalue weighted by Gasteiger charge is -2.10. The van der Waals surface area contributed by atoms with E-state index in [4.69, 9.17) is 9.47 Å². The Labute approximate surface area is 159 Å². The first-order valence-corrected chi connectivity index (χ1v) is 8.22. The van der Waals surface area contributed by atoms with Gasteiger partial charge in [0.05, 0.1) is 25.0 Å². The minimum absolute atomic E-state index is 0.0199. The highest BCUT2D eigenvalue weighted by atomic mass is 19.4. The molecule has 0 bridgehead atoms. The lowest BCUT2D eigenvalue weighted by Crippen LogP contribution is -2.26. The largest absolute Gasteiger partial charge is 0.506 e. The molecule has 0 unspecified atom stereocenters. The molecule has 2 aromatic carbocycles. The van der Waals surface area contributed by atoms with Gasteiger partial charge >= 0.3 is 6.18 Å². The van der Waals surface area contributed by atoms with E-state index in [1.54, 1.807) is 12.1 Å². The Morgan fingerprint density at radius 3 is 2.14 bits per heavy atom. The number of aliphatic imine (C=N–C) groups is 1. The van der Waals surface area contributed by atoms with Crippen molar-refractivity contribution in [3.05, 3.63) is 59.7 Å². The van der Waals surface area contributed by atoms with Crippen LogP contribution in [0.25, 0.3) is 5.76 Å². The number of carbonyl (C=O) groups excluding carboxylic acids is 1. The number of halogens is 3. The molecule has 8 heteroatoms. The van der Waals surface area contributed by atoms with Gasteiger partial charge in [-0.1, -0.05) is 0 Å². The third-order valence-corrected chi connectivity index (χ3v) is 3.61. The number of nitrogens with zero attached hydrogens (tertiary/aromatic N) is 1. The number of ketones is 1. The van der Waals surface area contributed by atoms with Gasteiger partial charge in [-0.25, -0.2) is 0 Å². The van der Waals surface area contributed by atoms with Crippen molar-refractivity contribution in [2.75, 3.05) is 13.7 Å². The van der Waals surface area contributed by atoms with Gasteiger partial charge in [0, 0.05) is 11.8 Å². The average Bonchev–Trinajstić information content (AvgIpc) is 2.68. The zero-order valence-electron chi connectivity index (χ0n) is 15.2. The Bertz CT molecular complexity index is 870. The van der Waals surface area contributed by atoms with Gasteiger partial charge in [0.2, 0.25) is 0 Å². The quantitative estimate of drug-likeness (QED) is 0.413. The molecule has 0 fully saturated rings. The van der Waals surface area contributed by atoms with E-state index in [1.807, 2.05) is 6.92 Å². The molecular weight excluding hydrogens is 375 g/mol. The maximum absolute atomic E-state index is 13.0. The number of hydrogen-bond acceptors (Lipinski definition) is 5. The van der Waals surface area contributed by atoms with Crippen molar-refractivity contribution < 1.29 is 32.5 Å². The van der Waals surface area contributed by atoms with Crippen LogP contribution in [0.4, 0.5) is 18.9 Å². The van der Waals surface area contributed by atoms with Gasteiger partial charge in [-0.05, 0) is 55.5 Å². The summed E-state index contributed by atoms with van der Waals surface area (Å²) in [6, 6.07) is 11.8. The Balaban J connectivity index is 2.42. The molecule has 0 aromatic heterocycles. The maximum Gasteiger partial charge on any atom is 0.455 e. The van der Waals surface area contributed by atoms with Crippen LogP contribution in [0.3, 0.4) is 0 Å². The van der Waals surface area contributed by atoms with Gasteiger partial charge < -0.3 is 14.6 Å². The predicted octanol–water partition coefficient (Wildman–Crippen LogP) is 4.90. The number of benzene rings is 2. The van der Waals surface area contributed by atoms with Crippen molar-refractivity contribution >= 4 is 23.4 Å². The van der Waals surface area contributed by atoms with Gasteiger partial charge in [0.1, 0.15) is 17.3 Å². The lowest BCUT2D eigenvalue weighted by atomic mass is 10.0. The summed E-state index contributed by atoms with van der Waals surface area (Å²) >= 11 is 0. The lowest BCUT2D eigenvalue weighted by molar-refractivity contribution is -0.165. The first-order valence-electron chi connectivity index (χ1n) is 8.22. The van der Waals surface area contributed by atoms with E-state index in [0.29, 0.717) is 30.0 Å². The molecule has 0 radical (unpaired) electrons. The molecule has 2 rings (SSSR count). The van der Waals surface area contributed by atoms with Crippen LogP contribution in [0, 0.1) is 0 Å². The molecule has 0 aliphatic rings. The van der Waals surface area contributed by atoms with Crippen LogP contribution in [-0.4, -0.2) is 37.0 Å². The van der Waals surface area contributed by atoms with Gasteiger partial charge in [-0.2, -0.15) is 13.2 Å². The molecule has 2 aromatic rings. The van der Waals surface area contributed by atoms with Crippen LogP contribution in [0.5, 0.6) is 11.5 Å². The standard InChI is InChI=1S/C20H18F3NO4/c1-3-28-16-10-6-14(7-11-16)24-12-17(19(26)20(21,22)23)18(25)13-4-8-15(27-2)9-5-13/h4-12,25H,3H2,1-2H3/b18-17+,24-12?. The summed E-state index contributed by atoms with van der Waals surface area (Å²) in [7, 11) is 1.42. The molecule has 148 valence electrons. The number of carbonyl (C=O) groups is 1. The number of alkyl halides is 3. The maximum atomic E-state index is 13.0. The number of methoxy groups -OCH3 is 1. The molecule has 0 amide bonds. The molecule has 0 spiro atoms. The highest BCUT2D eigenvalue weighted by Crippen LogP contribution is 2.27. The van der Waals surface area contributed by atoms with Crippen molar-refractivity contribution in [1.82, 2.24) is 0 Å². The fraction of sp³-hybridized carbons (Fsp3) is 0.200. The number of allylic oxidation sites excluding steroid dienone is 1. The first-order chi connectivity index (χ1) is 13.3. The summed E-state index contributed by atoms with van der Waals surface area (Å²) in [6.45, 7) is 2.28. The van der Waals surface area contributed by atoms with Crippen molar-refractivity contribution in [3.8, 4) is 11.5 Å². The highest BCUT2D eigenvalue weighted by molar-refractivity contribution is 6.20. The third-order valence-electron chi connectivity index (χ3n) is 3.61. The van der Waals surface area contributed by atoms with Crippen LogP contribution in [0.15, 0.2) is 59.1 Å². The van der Waals surface area contributed by atoms with Crippen LogP contribution >= 0.6 is 0 Å². The smallest absolute Gasteiger partial charge is 0.455 e. The van der Waals surface area contributed by atoms with Crippen LogP contribution in [-0.2, 0) is 4.79 Å². The normalized spacial score (nSPS) is 12.6. The van der Waals surface area contributed by atoms with E-state index < -0.39 is 23.3 Å². The number of rotatable bonds is 7. The van der Waals surface area contributed by atoms with E-state index in [9.17, 15) is 23.1 Å². The summed E-state index contributed by atoms with van der Waals surface area (Å²) < 4.78 is 49.1. The summed E-state index contributed by atoms with van der Waals surface area (Å²) in [5.41, 5.74) is -0.656. The van der Waals surface area contributed by atoms with Crippen molar-refractivity contribution in [2.24, 2.45) is 4.99 Å². The Hall–Kier alpha value is -3.29. The van der Waals surface area contributed by atoms with Crippen molar-refractivity contribution in [1.29, 1.82) is 0 Å². The first kappa shape index (κ1) is 21.0. The third kappa shape index (κ3) is 5.35. The second-order valence-corrected chi connectivity index (χ2v) is 5.50. The zero-order chi connectivity index (χ0) is 20.7. The number of ether oxygens (including phenoxy) is 2. The number of hydrogen-bond donors (Lipinski definition) is 1. The second-order valence-electron chi connectivity index (χ2n) is 5.50. The summed E-state index contributed by atoms with van der Waals surface area (Å²) in [5.74, 6) is -2.01. The fourth-order valence-corrected chi connectivity index (χ4v) is 2.22. The van der Waals surface area contributed by atoms with Crippen molar-refractivity contribution in [3.63, 3.8) is 0 Å². The molecule has 0 heterocycles. The Morgan fingerprint density at radius 1 is 1.07 bits per heavy atom. The topological polar surface area (TPSA) is 68.1 Å². The molecule has 0 aliphatic heterocycles. The molecule has 0 aliphatic carbocycles. The van der Waals surface area contributed by atoms with Gasteiger partial charge in [-0.15, -0.1) is 0 Å². The second kappa shape index (κ2) is 9.07. The summed E-state index contributed by atoms with van der Waals surface area (Å²) in [5, 5.41) is 10.3. The molecule has 0 saturated carbocycles. The fourth-order valence-electron chi connectivity index (χ4n) is 2.22. The highest BCUT2D eigenvalue weighted by Gasteiger charge is 2.41. The van der Waals surface area contributed by atoms with Gasteiger partial charge in [0.25, 0.3) is 5.78 Å². The number of Topliss-reactive ketones (excluding diaryl/α,β-unsaturated/α-hetero) is 1. The molecule has 5 nitrogen and oxygen atoms in total. The minimum Gasteiger partial charge on any atom is -0.506 e. The van der Waals surface area contributed by atoms with Crippen LogP contribution in [0.2, 0.25) is 0 Å². The number of aliphatic hydroxyl groups excluding tert-OH is 1. The van der Waals surface area contributed by atoms with Crippen LogP contribution < -0.4 is 9.47 Å². The molecule has 0 saturated heterocycles. The van der Waals surface area contributed by atoms with E-state index in [1.165, 1.54) is 43.5 Å². The SMILES string of the molecule is CCOc1ccc(N=C/C(C(=O)C(F)(F)F)=C(\O)c2ccc(OC)cc2)cc1.